The van der Waals surface area contributed by atoms with Gasteiger partial charge in [0.05, 0.1) is 4.88 Å². The van der Waals surface area contributed by atoms with Crippen LogP contribution in [0, 0.1) is 0 Å². The van der Waals surface area contributed by atoms with Crippen molar-refractivity contribution in [3.8, 4) is 0 Å². The topological polar surface area (TPSA) is 75.4 Å². The summed E-state index contributed by atoms with van der Waals surface area (Å²) in [6, 6.07) is 11.4. The molecule has 1 aromatic heterocycles. The summed E-state index contributed by atoms with van der Waals surface area (Å²) in [4.78, 5) is 12.3. The van der Waals surface area contributed by atoms with E-state index >= 15 is 0 Å². The van der Waals surface area contributed by atoms with Gasteiger partial charge in [0.15, 0.2) is 0 Å². The molecule has 0 saturated carbocycles. The van der Waals surface area contributed by atoms with Crippen LogP contribution in [0.5, 0.6) is 0 Å². The van der Waals surface area contributed by atoms with E-state index in [-0.39, 0.29) is 0 Å². The first-order chi connectivity index (χ1) is 9.64. The van der Waals surface area contributed by atoms with E-state index in [0.717, 1.165) is 22.0 Å². The summed E-state index contributed by atoms with van der Waals surface area (Å²) in [5, 5.41) is 14.5. The second kappa shape index (κ2) is 6.30. The number of rotatable bonds is 2. The summed E-state index contributed by atoms with van der Waals surface area (Å²) in [5.41, 5.74) is 5.73. The van der Waals surface area contributed by atoms with Gasteiger partial charge in [-0.15, -0.1) is 11.3 Å². The highest BCUT2D eigenvalue weighted by molar-refractivity contribution is 8.01. The molecule has 4 nitrogen and oxygen atoms in total. The van der Waals surface area contributed by atoms with Crippen molar-refractivity contribution < 1.29 is 9.90 Å². The fourth-order valence-corrected chi connectivity index (χ4v) is 3.99. The van der Waals surface area contributed by atoms with Crippen molar-refractivity contribution in [3.05, 3.63) is 46.7 Å². The molecule has 1 aliphatic heterocycles. The van der Waals surface area contributed by atoms with Crippen LogP contribution in [0.25, 0.3) is 0 Å². The predicted octanol–water partition coefficient (Wildman–Crippen LogP) is 3.17. The third-order valence-electron chi connectivity index (χ3n) is 2.63. The molecule has 1 aliphatic rings. The average molecular weight is 308 g/mol. The van der Waals surface area contributed by atoms with E-state index < -0.39 is 10.8 Å². The maximum Gasteiger partial charge on any atom is 0.346 e. The number of hydrogen-bond acceptors (Lipinski definition) is 5. The van der Waals surface area contributed by atoms with Crippen molar-refractivity contribution in [3.63, 3.8) is 0 Å². The normalized spacial score (nSPS) is 19.5. The fourth-order valence-electron chi connectivity index (χ4n) is 1.83. The zero-order valence-corrected chi connectivity index (χ0v) is 12.6. The Balaban J connectivity index is 0.000000452. The first-order valence-corrected chi connectivity index (χ1v) is 7.87. The zero-order valence-electron chi connectivity index (χ0n) is 11.0. The number of nitrogens with one attached hydrogen (secondary N) is 1. The lowest BCUT2D eigenvalue weighted by molar-refractivity contribution is -0.139. The van der Waals surface area contributed by atoms with Crippen molar-refractivity contribution in [1.82, 2.24) is 0 Å². The molecular weight excluding hydrogens is 292 g/mol. The first-order valence-electron chi connectivity index (χ1n) is 6.17. The third-order valence-corrected chi connectivity index (χ3v) is 5.13. The molecule has 2 heterocycles. The standard InChI is InChI=1S/C12H9NO2S2.C2H7N/c14-11(15)12(10-6-3-7-16-10)13-8-4-1-2-5-9(8)17-12;1-2-3/h1-7,13H,(H,14,15);2-3H2,1H3. The molecule has 3 rings (SSSR count). The second-order valence-corrected chi connectivity index (χ2v) is 6.30. The molecule has 0 bridgehead atoms. The van der Waals surface area contributed by atoms with Gasteiger partial charge in [-0.2, -0.15) is 0 Å². The van der Waals surface area contributed by atoms with Gasteiger partial charge in [-0.1, -0.05) is 36.9 Å². The lowest BCUT2D eigenvalue weighted by Crippen LogP contribution is -2.36. The number of thioether (sulfide) groups is 1. The molecule has 106 valence electrons. The highest BCUT2D eigenvalue weighted by Crippen LogP contribution is 2.52. The smallest absolute Gasteiger partial charge is 0.346 e. The minimum absolute atomic E-state index is 0.750. The monoisotopic (exact) mass is 308 g/mol. The Bertz CT molecular complexity index is 560. The summed E-state index contributed by atoms with van der Waals surface area (Å²) < 4.78 is 0. The molecule has 4 N–H and O–H groups in total. The lowest BCUT2D eigenvalue weighted by atomic mass is 10.2. The number of carboxylic acid groups (broad SMARTS) is 1. The van der Waals surface area contributed by atoms with E-state index in [1.165, 1.54) is 23.1 Å². The fraction of sp³-hybridized carbons (Fsp3) is 0.214. The minimum atomic E-state index is -1.07. The Morgan fingerprint density at radius 3 is 2.60 bits per heavy atom. The van der Waals surface area contributed by atoms with Gasteiger partial charge in [-0.05, 0) is 30.1 Å². The summed E-state index contributed by atoms with van der Waals surface area (Å²) in [6.45, 7) is 2.65. The Morgan fingerprint density at radius 2 is 2.05 bits per heavy atom. The van der Waals surface area contributed by atoms with Crippen molar-refractivity contribution in [2.75, 3.05) is 11.9 Å². The number of anilines is 1. The van der Waals surface area contributed by atoms with Crippen molar-refractivity contribution >= 4 is 34.8 Å². The molecule has 0 amide bonds. The summed E-state index contributed by atoms with van der Waals surface area (Å²) in [7, 11) is 0. The van der Waals surface area contributed by atoms with Gasteiger partial charge in [0.1, 0.15) is 0 Å². The number of para-hydroxylation sites is 1. The van der Waals surface area contributed by atoms with E-state index in [4.69, 9.17) is 5.73 Å². The maximum atomic E-state index is 11.6. The van der Waals surface area contributed by atoms with Crippen LogP contribution in [-0.4, -0.2) is 17.6 Å². The molecular formula is C14H16N2O2S2. The van der Waals surface area contributed by atoms with E-state index in [1.54, 1.807) is 0 Å². The van der Waals surface area contributed by atoms with Crippen LogP contribution in [0.2, 0.25) is 0 Å². The largest absolute Gasteiger partial charge is 0.479 e. The molecule has 1 aromatic carbocycles. The van der Waals surface area contributed by atoms with Crippen LogP contribution in [0.3, 0.4) is 0 Å². The maximum absolute atomic E-state index is 11.6. The zero-order chi connectivity index (χ0) is 14.6. The van der Waals surface area contributed by atoms with Crippen molar-refractivity contribution in [1.29, 1.82) is 0 Å². The molecule has 1 unspecified atom stereocenters. The number of nitrogens with two attached hydrogens (primary N) is 1. The number of benzene rings is 1. The number of thiophene rings is 1. The van der Waals surface area contributed by atoms with E-state index in [2.05, 4.69) is 5.32 Å². The van der Waals surface area contributed by atoms with E-state index in [9.17, 15) is 9.90 Å². The number of fused-ring (bicyclic) bond motifs is 1. The Labute approximate surface area is 126 Å². The quantitative estimate of drug-likeness (QED) is 0.794. The summed E-state index contributed by atoms with van der Waals surface area (Å²) in [6.07, 6.45) is 0. The summed E-state index contributed by atoms with van der Waals surface area (Å²) in [5.74, 6) is -0.860. The molecule has 0 aliphatic carbocycles. The van der Waals surface area contributed by atoms with Gasteiger partial charge < -0.3 is 16.2 Å². The Morgan fingerprint density at radius 1 is 1.35 bits per heavy atom. The van der Waals surface area contributed by atoms with E-state index in [1.807, 2.05) is 48.7 Å². The SMILES string of the molecule is CCN.O=C(O)C1(c2cccs2)Nc2ccccc2S1. The van der Waals surface area contributed by atoms with Crippen LogP contribution < -0.4 is 11.1 Å². The first kappa shape index (κ1) is 14.9. The highest BCUT2D eigenvalue weighted by atomic mass is 32.2. The third kappa shape index (κ3) is 2.67. The Kier molecular flexibility index (Phi) is 4.69. The van der Waals surface area contributed by atoms with Gasteiger partial charge in [-0.3, -0.25) is 0 Å². The number of carboxylic acids is 1. The minimum Gasteiger partial charge on any atom is -0.479 e. The molecule has 0 radical (unpaired) electrons. The van der Waals surface area contributed by atoms with E-state index in [0.29, 0.717) is 0 Å². The molecule has 0 saturated heterocycles. The molecule has 1 atom stereocenters. The van der Waals surface area contributed by atoms with Crippen molar-refractivity contribution in [2.45, 2.75) is 16.7 Å². The molecule has 0 spiro atoms. The van der Waals surface area contributed by atoms with Crippen LogP contribution in [0.4, 0.5) is 5.69 Å². The van der Waals surface area contributed by atoms with Crippen LogP contribution >= 0.6 is 23.1 Å². The van der Waals surface area contributed by atoms with Crippen molar-refractivity contribution in [2.24, 2.45) is 5.73 Å². The lowest BCUT2D eigenvalue weighted by Gasteiger charge is -2.22. The van der Waals surface area contributed by atoms with Gasteiger partial charge in [-0.25, -0.2) is 4.79 Å². The van der Waals surface area contributed by atoms with Gasteiger partial charge in [0, 0.05) is 10.6 Å². The average Bonchev–Trinajstić information content (AvgIpc) is 3.07. The summed E-state index contributed by atoms with van der Waals surface area (Å²) >= 11 is 2.80. The number of hydrogen-bond donors (Lipinski definition) is 3. The predicted molar refractivity (Wildman–Crippen MR) is 84.3 cm³/mol. The highest BCUT2D eigenvalue weighted by Gasteiger charge is 2.47. The Hall–Kier alpha value is -1.50. The van der Waals surface area contributed by atoms with Crippen LogP contribution in [0.15, 0.2) is 46.7 Å². The second-order valence-electron chi connectivity index (χ2n) is 4.10. The molecule has 2 aromatic rings. The number of carbonyl (C=O) groups is 1. The van der Waals surface area contributed by atoms with Crippen LogP contribution in [0.1, 0.15) is 11.8 Å². The van der Waals surface area contributed by atoms with Gasteiger partial charge >= 0.3 is 5.97 Å². The van der Waals surface area contributed by atoms with Gasteiger partial charge in [0.2, 0.25) is 4.87 Å². The molecule has 20 heavy (non-hydrogen) atoms. The molecule has 6 heteroatoms. The molecule has 0 fully saturated rings. The number of aliphatic carboxylic acids is 1. The van der Waals surface area contributed by atoms with Crippen LogP contribution in [-0.2, 0) is 9.67 Å². The van der Waals surface area contributed by atoms with Gasteiger partial charge in [0.25, 0.3) is 0 Å².